The van der Waals surface area contributed by atoms with E-state index < -0.39 is 39.7 Å². The summed E-state index contributed by atoms with van der Waals surface area (Å²) >= 11 is 0. The van der Waals surface area contributed by atoms with E-state index in [2.05, 4.69) is 6.92 Å². The highest BCUT2D eigenvalue weighted by molar-refractivity contribution is 6.33. The van der Waals surface area contributed by atoms with Crippen LogP contribution in [0.2, 0.25) is 0 Å². The molecule has 1 saturated carbocycles. The van der Waals surface area contributed by atoms with Crippen molar-refractivity contribution in [1.82, 2.24) is 0 Å². The lowest BCUT2D eigenvalue weighted by molar-refractivity contribution is -0.180. The van der Waals surface area contributed by atoms with E-state index >= 15 is 0 Å². The highest BCUT2D eigenvalue weighted by Crippen LogP contribution is 2.65. The summed E-state index contributed by atoms with van der Waals surface area (Å²) < 4.78 is 0. The predicted octanol–water partition coefficient (Wildman–Crippen LogP) is 5.43. The van der Waals surface area contributed by atoms with Crippen LogP contribution in [0.4, 0.5) is 0 Å². The summed E-state index contributed by atoms with van der Waals surface area (Å²) in [6.45, 7) is 12.8. The van der Waals surface area contributed by atoms with Crippen LogP contribution < -0.4 is 0 Å². The quantitative estimate of drug-likeness (QED) is 0.268. The average Bonchev–Trinajstić information content (AvgIpc) is 2.77. The molecule has 37 heavy (non-hydrogen) atoms. The number of fused-ring (bicyclic) bond motifs is 3. The molecule has 6 heteroatoms. The second-order valence-corrected chi connectivity index (χ2v) is 12.3. The molecule has 4 atom stereocenters. The molecule has 0 radical (unpaired) electrons. The molecule has 4 rings (SSSR count). The zero-order chi connectivity index (χ0) is 27.7. The van der Waals surface area contributed by atoms with E-state index in [1.807, 2.05) is 26.8 Å². The van der Waals surface area contributed by atoms with E-state index in [9.17, 15) is 29.7 Å². The first-order valence-corrected chi connectivity index (χ1v) is 13.5. The minimum atomic E-state index is -2.49. The van der Waals surface area contributed by atoms with Gasteiger partial charge in [-0.15, -0.1) is 0 Å². The number of allylic oxidation sites excluding steroid dienone is 1. The van der Waals surface area contributed by atoms with E-state index in [1.165, 1.54) is 13.0 Å². The fourth-order valence-electron chi connectivity index (χ4n) is 8.11. The second kappa shape index (κ2) is 8.93. The van der Waals surface area contributed by atoms with Crippen molar-refractivity contribution in [2.75, 3.05) is 0 Å². The van der Waals surface area contributed by atoms with Gasteiger partial charge in [-0.1, -0.05) is 59.1 Å². The van der Waals surface area contributed by atoms with Crippen molar-refractivity contribution in [2.24, 2.45) is 22.7 Å². The number of Topliss-reactive ketones (excluding diaryl/α,β-unsaturated/α-hetero) is 3. The summed E-state index contributed by atoms with van der Waals surface area (Å²) in [5.74, 6) is -3.18. The first-order chi connectivity index (χ1) is 17.2. The number of hydrogen-bond acceptors (Lipinski definition) is 6. The Morgan fingerprint density at radius 1 is 1.11 bits per heavy atom. The molecule has 0 spiro atoms. The molecule has 3 aliphatic rings. The number of aromatic hydroxyl groups is 1. The van der Waals surface area contributed by atoms with Crippen molar-refractivity contribution < 1.29 is 29.7 Å². The molecule has 0 heterocycles. The molecule has 1 fully saturated rings. The summed E-state index contributed by atoms with van der Waals surface area (Å²) in [6.07, 6.45) is 4.56. The van der Waals surface area contributed by atoms with Gasteiger partial charge in [-0.05, 0) is 68.6 Å². The zero-order valence-electron chi connectivity index (χ0n) is 23.1. The fourth-order valence-corrected chi connectivity index (χ4v) is 8.11. The van der Waals surface area contributed by atoms with E-state index in [-0.39, 0.29) is 40.6 Å². The zero-order valence-corrected chi connectivity index (χ0v) is 23.1. The Morgan fingerprint density at radius 3 is 2.32 bits per heavy atom. The lowest BCUT2D eigenvalue weighted by atomic mass is 9.42. The largest absolute Gasteiger partial charge is 0.507 e. The molecule has 3 N–H and O–H groups in total. The number of aryl methyl sites for hydroxylation is 1. The number of aliphatic hydroxyl groups is 2. The van der Waals surface area contributed by atoms with E-state index in [0.717, 1.165) is 36.8 Å². The normalized spacial score (nSPS) is 31.4. The van der Waals surface area contributed by atoms with Crippen molar-refractivity contribution in [1.29, 1.82) is 0 Å². The number of phenolic OH excluding ortho intramolecular Hbond substituents is 1. The maximum Gasteiger partial charge on any atom is 0.206 e. The van der Waals surface area contributed by atoms with Gasteiger partial charge in [-0.3, -0.25) is 14.4 Å². The highest BCUT2D eigenvalue weighted by Gasteiger charge is 2.71. The summed E-state index contributed by atoms with van der Waals surface area (Å²) in [6, 6.07) is 3.42. The fraction of sp³-hybridized carbons (Fsp3) is 0.581. The molecule has 0 bridgehead atoms. The van der Waals surface area contributed by atoms with E-state index in [0.29, 0.717) is 12.0 Å². The van der Waals surface area contributed by atoms with Gasteiger partial charge in [-0.25, -0.2) is 0 Å². The lowest BCUT2D eigenvalue weighted by Gasteiger charge is -2.60. The molecule has 0 amide bonds. The maximum absolute atomic E-state index is 14.3. The van der Waals surface area contributed by atoms with Gasteiger partial charge in [0.25, 0.3) is 0 Å². The van der Waals surface area contributed by atoms with Crippen LogP contribution in [0.15, 0.2) is 28.9 Å². The molecule has 1 aromatic rings. The molecule has 200 valence electrons. The minimum Gasteiger partial charge on any atom is -0.507 e. The van der Waals surface area contributed by atoms with E-state index in [4.69, 9.17) is 0 Å². The minimum absolute atomic E-state index is 0.0284. The Bertz CT molecular complexity index is 1270. The van der Waals surface area contributed by atoms with Crippen molar-refractivity contribution in [3.63, 3.8) is 0 Å². The second-order valence-electron chi connectivity index (χ2n) is 12.3. The monoisotopic (exact) mass is 508 g/mol. The molecular weight excluding hydrogens is 468 g/mol. The highest BCUT2D eigenvalue weighted by atomic mass is 16.3. The van der Waals surface area contributed by atoms with Gasteiger partial charge < -0.3 is 15.3 Å². The predicted molar refractivity (Wildman–Crippen MR) is 142 cm³/mol. The van der Waals surface area contributed by atoms with Crippen molar-refractivity contribution >= 4 is 23.1 Å². The first-order valence-electron chi connectivity index (χ1n) is 13.5. The Morgan fingerprint density at radius 2 is 1.76 bits per heavy atom. The molecule has 0 aromatic heterocycles. The third-order valence-corrected chi connectivity index (χ3v) is 9.34. The van der Waals surface area contributed by atoms with Crippen LogP contribution in [0.1, 0.15) is 90.8 Å². The SMILES string of the molecule is CCCCCc1ccc(O)c2c1C[C@@]1(C)C[C@@]3(C)[C@H](C(C)C)C(C)=C(C(C)=O)C(=O)[C@@]3(O)C(=O)C1=C2O. The topological polar surface area (TPSA) is 112 Å². The van der Waals surface area contributed by atoms with Gasteiger partial charge in [0.05, 0.1) is 11.1 Å². The number of unbranched alkanes of at least 4 members (excludes halogenated alkanes) is 2. The van der Waals surface area contributed by atoms with Gasteiger partial charge in [0.15, 0.2) is 11.4 Å². The van der Waals surface area contributed by atoms with Crippen molar-refractivity contribution in [3.05, 3.63) is 45.5 Å². The number of ketones is 3. The summed E-state index contributed by atoms with van der Waals surface area (Å²) in [5.41, 5.74) is -2.02. The van der Waals surface area contributed by atoms with Crippen LogP contribution in [0.5, 0.6) is 5.75 Å². The van der Waals surface area contributed by atoms with Crippen LogP contribution in [0.25, 0.3) is 5.76 Å². The van der Waals surface area contributed by atoms with Gasteiger partial charge >= 0.3 is 0 Å². The molecule has 0 unspecified atom stereocenters. The maximum atomic E-state index is 14.3. The number of phenols is 1. The van der Waals surface area contributed by atoms with Crippen LogP contribution in [0.3, 0.4) is 0 Å². The smallest absolute Gasteiger partial charge is 0.206 e. The Hall–Kier alpha value is -2.73. The number of benzene rings is 1. The van der Waals surface area contributed by atoms with Crippen LogP contribution in [0, 0.1) is 22.7 Å². The molecule has 6 nitrogen and oxygen atoms in total. The Balaban J connectivity index is 1.99. The third-order valence-electron chi connectivity index (χ3n) is 9.34. The number of rotatable bonds is 6. The molecule has 0 aliphatic heterocycles. The average molecular weight is 509 g/mol. The van der Waals surface area contributed by atoms with Gasteiger partial charge in [0, 0.05) is 16.4 Å². The molecule has 1 aromatic carbocycles. The van der Waals surface area contributed by atoms with Gasteiger partial charge in [0.2, 0.25) is 11.6 Å². The number of carbonyl (C=O) groups excluding carboxylic acids is 3. The van der Waals surface area contributed by atoms with E-state index in [1.54, 1.807) is 13.8 Å². The van der Waals surface area contributed by atoms with Crippen LogP contribution >= 0.6 is 0 Å². The van der Waals surface area contributed by atoms with Gasteiger partial charge in [0.1, 0.15) is 11.5 Å². The van der Waals surface area contributed by atoms with Crippen molar-refractivity contribution in [2.45, 2.75) is 92.6 Å². The summed E-state index contributed by atoms with van der Waals surface area (Å²) in [7, 11) is 0. The molecule has 3 aliphatic carbocycles. The molecular formula is C31H40O6. The van der Waals surface area contributed by atoms with Crippen LogP contribution in [-0.4, -0.2) is 38.3 Å². The number of hydrogen-bond donors (Lipinski definition) is 3. The summed E-state index contributed by atoms with van der Waals surface area (Å²) in [4.78, 5) is 40.7. The van der Waals surface area contributed by atoms with Crippen LogP contribution in [-0.2, 0) is 27.2 Å². The third kappa shape index (κ3) is 3.58. The molecule has 0 saturated heterocycles. The Kier molecular flexibility index (Phi) is 6.59. The first kappa shape index (κ1) is 27.3. The lowest BCUT2D eigenvalue weighted by Crippen LogP contribution is -2.70. The number of carbonyl (C=O) groups is 3. The summed E-state index contributed by atoms with van der Waals surface area (Å²) in [5, 5.41) is 34.4. The standard InChI is InChI=1S/C31H40O6/c1-8-9-10-11-19-12-13-21(33)23-20(19)14-29(6)15-30(7)24(16(2)3)17(4)22(18(5)32)27(35)31(30,37)28(36)25(29)26(23)34/h12-13,16,24,33-34,37H,8-11,14-15H2,1-7H3/t24-,29+,30+,31-/m1/s1. The van der Waals surface area contributed by atoms with Crippen molar-refractivity contribution in [3.8, 4) is 5.75 Å². The Labute approximate surface area is 219 Å². The number of aliphatic hydroxyl groups excluding tert-OH is 1. The van der Waals surface area contributed by atoms with Gasteiger partial charge in [-0.2, -0.15) is 0 Å².